The summed E-state index contributed by atoms with van der Waals surface area (Å²) in [5.74, 6) is -0.720. The van der Waals surface area contributed by atoms with Crippen LogP contribution in [-0.2, 0) is 4.79 Å². The number of nitrogens with zero attached hydrogens (tertiary/aromatic N) is 2. The summed E-state index contributed by atoms with van der Waals surface area (Å²) in [6.45, 7) is 0. The summed E-state index contributed by atoms with van der Waals surface area (Å²) in [6.07, 6.45) is 0. The summed E-state index contributed by atoms with van der Waals surface area (Å²) in [5, 5.41) is 18.6. The second-order valence-corrected chi connectivity index (χ2v) is 6.64. The maximum atomic E-state index is 12.0. The van der Waals surface area contributed by atoms with E-state index < -0.39 is 5.95 Å². The van der Waals surface area contributed by atoms with Gasteiger partial charge in [0.05, 0.1) is 11.0 Å². The Morgan fingerprint density at radius 1 is 1.21 bits per heavy atom. The van der Waals surface area contributed by atoms with Crippen molar-refractivity contribution in [3.05, 3.63) is 59.1 Å². The minimum atomic E-state index is -0.569. The zero-order valence-corrected chi connectivity index (χ0v) is 14.7. The number of benzene rings is 2. The molecule has 0 fully saturated rings. The van der Waals surface area contributed by atoms with Crippen molar-refractivity contribution in [3.8, 4) is 11.6 Å². The third-order valence-corrected chi connectivity index (χ3v) is 4.59. The van der Waals surface area contributed by atoms with E-state index in [2.05, 4.69) is 26.5 Å². The van der Waals surface area contributed by atoms with Crippen LogP contribution < -0.4 is 15.1 Å². The minimum Gasteiger partial charge on any atom is -0.538 e. The fourth-order valence-electron chi connectivity index (χ4n) is 1.96. The molecule has 0 aliphatic rings. The highest BCUT2D eigenvalue weighted by atomic mass is 79.9. The van der Waals surface area contributed by atoms with Crippen molar-refractivity contribution in [1.29, 1.82) is 0 Å². The summed E-state index contributed by atoms with van der Waals surface area (Å²) < 4.78 is 7.03. The molecule has 0 atom stereocenters. The molecule has 6 nitrogen and oxygen atoms in total. The first-order valence-electron chi connectivity index (χ1n) is 6.96. The number of carbonyl (C=O) groups excluding carboxylic acids is 1. The number of nitrogens with one attached hydrogen (secondary N) is 1. The van der Waals surface area contributed by atoms with Crippen molar-refractivity contribution >= 4 is 39.3 Å². The van der Waals surface area contributed by atoms with Gasteiger partial charge in [-0.05, 0) is 40.7 Å². The Bertz CT molecular complexity index is 838. The Kier molecular flexibility index (Phi) is 5.17. The quantitative estimate of drug-likeness (QED) is 0.520. The van der Waals surface area contributed by atoms with Gasteiger partial charge in [-0.25, -0.2) is 0 Å². The third-order valence-electron chi connectivity index (χ3n) is 3.04. The molecule has 1 heterocycles. The third kappa shape index (κ3) is 3.95. The topological polar surface area (TPSA) is 82.1 Å². The van der Waals surface area contributed by atoms with Crippen LogP contribution in [0.4, 0.5) is 5.69 Å². The molecular formula is C16H12BrN3O3S. The second kappa shape index (κ2) is 7.50. The van der Waals surface area contributed by atoms with E-state index >= 15 is 0 Å². The smallest absolute Gasteiger partial charge is 0.298 e. The molecule has 2 aromatic carbocycles. The van der Waals surface area contributed by atoms with Crippen LogP contribution in [0.3, 0.4) is 0 Å². The summed E-state index contributed by atoms with van der Waals surface area (Å²) >= 11 is 4.41. The highest BCUT2D eigenvalue weighted by Crippen LogP contribution is 2.23. The van der Waals surface area contributed by atoms with E-state index in [0.29, 0.717) is 11.4 Å². The van der Waals surface area contributed by atoms with Crippen LogP contribution in [0.1, 0.15) is 0 Å². The van der Waals surface area contributed by atoms with Crippen LogP contribution in [0.2, 0.25) is 0 Å². The molecule has 0 aliphatic heterocycles. The lowest BCUT2D eigenvalue weighted by atomic mass is 10.3. The van der Waals surface area contributed by atoms with Crippen LogP contribution >= 0.6 is 27.7 Å². The van der Waals surface area contributed by atoms with Gasteiger partial charge in [-0.3, -0.25) is 4.79 Å². The normalized spacial score (nSPS) is 10.5. The Balaban J connectivity index is 1.67. The van der Waals surface area contributed by atoms with E-state index in [-0.39, 0.29) is 16.7 Å². The van der Waals surface area contributed by atoms with Crippen molar-refractivity contribution in [1.82, 2.24) is 5.27 Å². The van der Waals surface area contributed by atoms with Gasteiger partial charge in [-0.1, -0.05) is 34.1 Å². The van der Waals surface area contributed by atoms with E-state index in [9.17, 15) is 9.90 Å². The van der Waals surface area contributed by atoms with Crippen molar-refractivity contribution in [3.63, 3.8) is 0 Å². The van der Waals surface area contributed by atoms with E-state index in [1.165, 1.54) is 4.68 Å². The van der Waals surface area contributed by atoms with Gasteiger partial charge in [0.1, 0.15) is 0 Å². The number of anilines is 1. The van der Waals surface area contributed by atoms with Gasteiger partial charge in [-0.2, -0.15) is 0 Å². The molecule has 0 radical (unpaired) electrons. The van der Waals surface area contributed by atoms with E-state index in [1.807, 2.05) is 30.3 Å². The van der Waals surface area contributed by atoms with Gasteiger partial charge in [0.15, 0.2) is 5.95 Å². The van der Waals surface area contributed by atoms with Crippen molar-refractivity contribution in [2.45, 2.75) is 5.03 Å². The molecule has 24 heavy (non-hydrogen) atoms. The zero-order valence-electron chi connectivity index (χ0n) is 12.3. The molecule has 8 heteroatoms. The molecule has 0 bridgehead atoms. The number of halogens is 1. The maximum absolute atomic E-state index is 12.0. The molecule has 3 rings (SSSR count). The SMILES string of the molecule is O=C(CSc1c([O-])on[n+]1-c1ccccc1)Nc1ccc(Br)cc1. The predicted octanol–water partition coefficient (Wildman–Crippen LogP) is 2.52. The largest absolute Gasteiger partial charge is 0.538 e. The van der Waals surface area contributed by atoms with Gasteiger partial charge in [0.2, 0.25) is 11.6 Å². The molecule has 0 unspecified atom stereocenters. The zero-order chi connectivity index (χ0) is 16.9. The molecule has 3 aromatic rings. The molecule has 0 saturated heterocycles. The highest BCUT2D eigenvalue weighted by molar-refractivity contribution is 9.10. The van der Waals surface area contributed by atoms with Gasteiger partial charge in [0, 0.05) is 22.3 Å². The van der Waals surface area contributed by atoms with Crippen LogP contribution in [-0.4, -0.2) is 16.9 Å². The monoisotopic (exact) mass is 405 g/mol. The number of hydrogen-bond acceptors (Lipinski definition) is 5. The second-order valence-electron chi connectivity index (χ2n) is 4.76. The molecule has 1 amide bonds. The van der Waals surface area contributed by atoms with Gasteiger partial charge in [0.25, 0.3) is 5.03 Å². The molecule has 0 aliphatic carbocycles. The maximum Gasteiger partial charge on any atom is 0.298 e. The minimum absolute atomic E-state index is 0.0688. The number of aromatic nitrogens is 2. The van der Waals surface area contributed by atoms with Crippen LogP contribution in [0, 0.1) is 0 Å². The molecule has 1 aromatic heterocycles. The first-order valence-corrected chi connectivity index (χ1v) is 8.74. The van der Waals surface area contributed by atoms with E-state index in [4.69, 9.17) is 4.52 Å². The van der Waals surface area contributed by atoms with Gasteiger partial charge < -0.3 is 14.9 Å². The Morgan fingerprint density at radius 2 is 1.92 bits per heavy atom. The molecule has 0 spiro atoms. The Morgan fingerprint density at radius 3 is 2.62 bits per heavy atom. The first-order chi connectivity index (χ1) is 11.6. The number of amides is 1. The average Bonchev–Trinajstić information content (AvgIpc) is 2.97. The van der Waals surface area contributed by atoms with Crippen LogP contribution in [0.5, 0.6) is 5.95 Å². The van der Waals surface area contributed by atoms with Gasteiger partial charge in [-0.15, -0.1) is 0 Å². The van der Waals surface area contributed by atoms with E-state index in [0.717, 1.165) is 16.2 Å². The highest BCUT2D eigenvalue weighted by Gasteiger charge is 2.21. The van der Waals surface area contributed by atoms with Crippen LogP contribution in [0.15, 0.2) is 68.6 Å². The molecule has 1 N–H and O–H groups in total. The summed E-state index contributed by atoms with van der Waals surface area (Å²) in [7, 11) is 0. The molecule has 0 saturated carbocycles. The first kappa shape index (κ1) is 16.5. The number of hydrogen-bond donors (Lipinski definition) is 1. The summed E-state index contributed by atoms with van der Waals surface area (Å²) in [6, 6.07) is 16.4. The lowest BCUT2D eigenvalue weighted by molar-refractivity contribution is -0.705. The summed E-state index contributed by atoms with van der Waals surface area (Å²) in [5.41, 5.74) is 1.38. The van der Waals surface area contributed by atoms with Gasteiger partial charge >= 0.3 is 0 Å². The number of thioether (sulfide) groups is 1. The lowest BCUT2D eigenvalue weighted by Crippen LogP contribution is -2.35. The average molecular weight is 406 g/mol. The Labute approximate surface area is 150 Å². The molecular weight excluding hydrogens is 394 g/mol. The van der Waals surface area contributed by atoms with E-state index in [1.54, 1.807) is 24.3 Å². The number of carbonyl (C=O) groups is 1. The number of para-hydroxylation sites is 1. The lowest BCUT2D eigenvalue weighted by Gasteiger charge is -2.04. The fourth-order valence-corrected chi connectivity index (χ4v) is 2.98. The molecule has 122 valence electrons. The standard InChI is InChI=1S/C16H12BrN3O3S/c17-11-6-8-12(9-7-11)18-14(21)10-24-15-16(22)23-19-20(15)13-4-2-1-3-5-13/h1-9H,10H2,(H-,18,19,21,22). The fraction of sp³-hybridized carbons (Fsp3) is 0.0625. The van der Waals surface area contributed by atoms with Crippen molar-refractivity contribution in [2.75, 3.05) is 11.1 Å². The number of rotatable bonds is 5. The summed E-state index contributed by atoms with van der Waals surface area (Å²) in [4.78, 5) is 12.0. The Hall–Kier alpha value is -2.32. The predicted molar refractivity (Wildman–Crippen MR) is 91.0 cm³/mol. The van der Waals surface area contributed by atoms with Crippen molar-refractivity contribution < 1.29 is 19.1 Å². The van der Waals surface area contributed by atoms with Crippen molar-refractivity contribution in [2.24, 2.45) is 0 Å². The van der Waals surface area contributed by atoms with Crippen LogP contribution in [0.25, 0.3) is 5.69 Å².